The summed E-state index contributed by atoms with van der Waals surface area (Å²) < 4.78 is 22.8. The van der Waals surface area contributed by atoms with Crippen LogP contribution in [0.25, 0.3) is 11.4 Å². The largest absolute Gasteiger partial charge is 0.378 e. The molecule has 1 aliphatic heterocycles. The number of nitrogens with zero attached hydrogens (tertiary/aromatic N) is 6. The Hall–Kier alpha value is -3.17. The van der Waals surface area contributed by atoms with Gasteiger partial charge in [0.15, 0.2) is 5.16 Å². The van der Waals surface area contributed by atoms with Gasteiger partial charge in [0, 0.05) is 25.0 Å². The first-order valence-corrected chi connectivity index (χ1v) is 11.4. The fourth-order valence-corrected chi connectivity index (χ4v) is 4.43. The number of anilines is 1. The molecule has 0 aliphatic carbocycles. The molecule has 7 nitrogen and oxygen atoms in total. The number of benzene rings is 2. The van der Waals surface area contributed by atoms with E-state index < -0.39 is 0 Å². The van der Waals surface area contributed by atoms with E-state index in [1.165, 1.54) is 17.7 Å². The van der Waals surface area contributed by atoms with E-state index in [4.69, 9.17) is 4.74 Å². The number of hydrogen-bond acceptors (Lipinski definition) is 6. The lowest BCUT2D eigenvalue weighted by Gasteiger charge is -2.27. The molecule has 0 atom stereocenters. The average molecular weight is 451 g/mol. The van der Waals surface area contributed by atoms with Crippen molar-refractivity contribution in [2.45, 2.75) is 17.8 Å². The lowest BCUT2D eigenvalue weighted by atomic mass is 10.2. The van der Waals surface area contributed by atoms with Crippen LogP contribution in [0.4, 0.5) is 10.3 Å². The van der Waals surface area contributed by atoms with Crippen molar-refractivity contribution >= 4 is 17.7 Å². The molecule has 164 valence electrons. The topological polar surface area (TPSA) is 61.0 Å². The van der Waals surface area contributed by atoms with Crippen LogP contribution in [-0.2, 0) is 10.5 Å². The molecule has 0 bridgehead atoms. The maximum atomic E-state index is 13.5. The molecule has 5 rings (SSSR count). The minimum absolute atomic E-state index is 0.282. The normalized spacial score (nSPS) is 14.1. The molecule has 2 aromatic heterocycles. The third-order valence-corrected chi connectivity index (χ3v) is 6.23. The van der Waals surface area contributed by atoms with Crippen LogP contribution in [0, 0.1) is 12.7 Å². The fourth-order valence-electron chi connectivity index (χ4n) is 3.58. The van der Waals surface area contributed by atoms with Gasteiger partial charge in [0.1, 0.15) is 5.82 Å². The minimum Gasteiger partial charge on any atom is -0.378 e. The summed E-state index contributed by atoms with van der Waals surface area (Å²) in [5.41, 5.74) is 3.80. The van der Waals surface area contributed by atoms with Gasteiger partial charge in [-0.3, -0.25) is 4.57 Å². The molecule has 1 aliphatic rings. The third-order valence-electron chi connectivity index (χ3n) is 5.27. The standard InChI is InChI=1S/C23H23FN6OS/c1-17-5-7-20(8-6-17)30-22(28-11-13-31-14-12-28)25-26-23(30)32-16-19-9-10-29(27-19)21-4-2-3-18(24)15-21/h2-10,15H,11-14,16H2,1H3. The van der Waals surface area contributed by atoms with Crippen molar-refractivity contribution in [2.75, 3.05) is 31.2 Å². The molecular formula is C23H23FN6OS. The zero-order chi connectivity index (χ0) is 21.9. The zero-order valence-electron chi connectivity index (χ0n) is 17.7. The summed E-state index contributed by atoms with van der Waals surface area (Å²) in [6.07, 6.45) is 1.84. The average Bonchev–Trinajstić information content (AvgIpc) is 3.46. The summed E-state index contributed by atoms with van der Waals surface area (Å²) >= 11 is 1.58. The summed E-state index contributed by atoms with van der Waals surface area (Å²) in [7, 11) is 0. The Balaban J connectivity index is 1.40. The van der Waals surface area contributed by atoms with Crippen molar-refractivity contribution in [3.63, 3.8) is 0 Å². The molecule has 1 saturated heterocycles. The van der Waals surface area contributed by atoms with Crippen LogP contribution in [-0.4, -0.2) is 50.8 Å². The lowest BCUT2D eigenvalue weighted by Crippen LogP contribution is -2.37. The predicted molar refractivity (Wildman–Crippen MR) is 122 cm³/mol. The highest BCUT2D eigenvalue weighted by Crippen LogP contribution is 2.29. The van der Waals surface area contributed by atoms with E-state index in [0.717, 1.165) is 35.6 Å². The van der Waals surface area contributed by atoms with Crippen LogP contribution >= 0.6 is 11.8 Å². The Kier molecular flexibility index (Phi) is 5.91. The summed E-state index contributed by atoms with van der Waals surface area (Å²) in [5, 5.41) is 14.4. The highest BCUT2D eigenvalue weighted by molar-refractivity contribution is 7.98. The molecule has 4 aromatic rings. The van der Waals surface area contributed by atoms with E-state index in [1.807, 2.05) is 18.3 Å². The van der Waals surface area contributed by atoms with E-state index >= 15 is 0 Å². The molecule has 2 aromatic carbocycles. The first kappa shape index (κ1) is 20.7. The van der Waals surface area contributed by atoms with Gasteiger partial charge < -0.3 is 9.64 Å². The summed E-state index contributed by atoms with van der Waals surface area (Å²) in [6, 6.07) is 16.7. The van der Waals surface area contributed by atoms with Crippen molar-refractivity contribution in [3.8, 4) is 11.4 Å². The molecule has 3 heterocycles. The minimum atomic E-state index is -0.282. The summed E-state index contributed by atoms with van der Waals surface area (Å²) in [6.45, 7) is 5.00. The Bertz CT molecular complexity index is 1200. The predicted octanol–water partition coefficient (Wildman–Crippen LogP) is 4.03. The second-order valence-electron chi connectivity index (χ2n) is 7.57. The van der Waals surface area contributed by atoms with Gasteiger partial charge in [-0.2, -0.15) is 5.10 Å². The van der Waals surface area contributed by atoms with Crippen LogP contribution in [0.1, 0.15) is 11.3 Å². The van der Waals surface area contributed by atoms with Crippen LogP contribution in [0.2, 0.25) is 0 Å². The van der Waals surface area contributed by atoms with E-state index in [9.17, 15) is 4.39 Å². The first-order valence-electron chi connectivity index (χ1n) is 10.5. The highest BCUT2D eigenvalue weighted by atomic mass is 32.2. The van der Waals surface area contributed by atoms with Gasteiger partial charge in [-0.15, -0.1) is 10.2 Å². The molecule has 0 spiro atoms. The number of ether oxygens (including phenoxy) is 1. The molecule has 0 amide bonds. The van der Waals surface area contributed by atoms with Gasteiger partial charge in [-0.05, 0) is 43.3 Å². The van der Waals surface area contributed by atoms with Crippen molar-refractivity contribution in [1.29, 1.82) is 0 Å². The quantitative estimate of drug-likeness (QED) is 0.414. The number of hydrogen-bond donors (Lipinski definition) is 0. The maximum Gasteiger partial charge on any atom is 0.232 e. The Morgan fingerprint density at radius 3 is 2.59 bits per heavy atom. The second kappa shape index (κ2) is 9.13. The third kappa shape index (κ3) is 4.39. The van der Waals surface area contributed by atoms with Crippen LogP contribution in [0.15, 0.2) is 66.0 Å². The van der Waals surface area contributed by atoms with Crippen LogP contribution in [0.3, 0.4) is 0 Å². The molecule has 0 unspecified atom stereocenters. The first-order chi connectivity index (χ1) is 15.7. The molecule has 32 heavy (non-hydrogen) atoms. The molecule has 0 saturated carbocycles. The number of aryl methyl sites for hydroxylation is 1. The van der Waals surface area contributed by atoms with E-state index in [-0.39, 0.29) is 5.82 Å². The molecular weight excluding hydrogens is 427 g/mol. The molecule has 1 fully saturated rings. The monoisotopic (exact) mass is 450 g/mol. The maximum absolute atomic E-state index is 13.5. The zero-order valence-corrected chi connectivity index (χ0v) is 18.5. The number of morpholine rings is 1. The van der Waals surface area contributed by atoms with Crippen molar-refractivity contribution in [2.24, 2.45) is 0 Å². The molecule has 0 N–H and O–H groups in total. The smallest absolute Gasteiger partial charge is 0.232 e. The molecule has 0 radical (unpaired) electrons. The van der Waals surface area contributed by atoms with Gasteiger partial charge >= 0.3 is 0 Å². The second-order valence-corrected chi connectivity index (χ2v) is 8.52. The van der Waals surface area contributed by atoms with E-state index in [0.29, 0.717) is 24.7 Å². The van der Waals surface area contributed by atoms with Crippen molar-refractivity contribution < 1.29 is 9.13 Å². The Morgan fingerprint density at radius 1 is 1.00 bits per heavy atom. The van der Waals surface area contributed by atoms with E-state index in [1.54, 1.807) is 22.5 Å². The fraction of sp³-hybridized carbons (Fsp3) is 0.261. The lowest BCUT2D eigenvalue weighted by molar-refractivity contribution is 0.122. The summed E-state index contributed by atoms with van der Waals surface area (Å²) in [5.74, 6) is 1.16. The van der Waals surface area contributed by atoms with Crippen molar-refractivity contribution in [3.05, 3.63) is 77.9 Å². The number of rotatable bonds is 6. The van der Waals surface area contributed by atoms with Gasteiger partial charge in [0.25, 0.3) is 0 Å². The Labute approximate surface area is 189 Å². The van der Waals surface area contributed by atoms with Crippen molar-refractivity contribution in [1.82, 2.24) is 24.5 Å². The SMILES string of the molecule is Cc1ccc(-n2c(SCc3ccn(-c4cccc(F)c4)n3)nnc2N2CCOCC2)cc1. The van der Waals surface area contributed by atoms with Gasteiger partial charge in [-0.1, -0.05) is 35.5 Å². The highest BCUT2D eigenvalue weighted by Gasteiger charge is 2.22. The summed E-state index contributed by atoms with van der Waals surface area (Å²) in [4.78, 5) is 2.21. The molecule has 9 heteroatoms. The van der Waals surface area contributed by atoms with Crippen LogP contribution < -0.4 is 4.90 Å². The number of thioether (sulfide) groups is 1. The van der Waals surface area contributed by atoms with Gasteiger partial charge in [0.2, 0.25) is 5.95 Å². The number of aromatic nitrogens is 5. The van der Waals surface area contributed by atoms with Crippen LogP contribution in [0.5, 0.6) is 0 Å². The number of halogens is 1. The van der Waals surface area contributed by atoms with Gasteiger partial charge in [0.05, 0.1) is 30.3 Å². The van der Waals surface area contributed by atoms with Gasteiger partial charge in [-0.25, -0.2) is 9.07 Å². The Morgan fingerprint density at radius 2 is 1.81 bits per heavy atom. The van der Waals surface area contributed by atoms with E-state index in [2.05, 4.69) is 56.0 Å².